The number of aryl methyl sites for hydroxylation is 1. The zero-order valence-electron chi connectivity index (χ0n) is 13.7. The lowest BCUT2D eigenvalue weighted by Gasteiger charge is -2.46. The Morgan fingerprint density at radius 1 is 1.05 bits per heavy atom. The van der Waals surface area contributed by atoms with E-state index in [9.17, 15) is 5.11 Å². The van der Waals surface area contributed by atoms with E-state index in [1.54, 1.807) is 0 Å². The second kappa shape index (κ2) is 6.93. The Kier molecular flexibility index (Phi) is 5.45. The number of hydrogen-bond donors (Lipinski definition) is 2. The molecule has 1 aromatic carbocycles. The molecule has 1 fully saturated rings. The lowest BCUT2D eigenvalue weighted by molar-refractivity contribution is -0.0864. The predicted molar refractivity (Wildman–Crippen MR) is 89.2 cm³/mol. The van der Waals surface area contributed by atoms with Gasteiger partial charge in [0.25, 0.3) is 0 Å². The first-order chi connectivity index (χ1) is 10.1. The second-order valence-electron chi connectivity index (χ2n) is 6.87. The molecule has 1 aliphatic carbocycles. The first-order valence-corrected chi connectivity index (χ1v) is 8.57. The molecule has 1 saturated carbocycles. The molecule has 0 aliphatic heterocycles. The van der Waals surface area contributed by atoms with E-state index in [1.807, 2.05) is 6.92 Å². The van der Waals surface area contributed by atoms with Crippen molar-refractivity contribution in [1.29, 1.82) is 0 Å². The summed E-state index contributed by atoms with van der Waals surface area (Å²) in [6.07, 6.45) is 9.33. The molecule has 21 heavy (non-hydrogen) atoms. The van der Waals surface area contributed by atoms with Gasteiger partial charge in [0.1, 0.15) is 0 Å². The van der Waals surface area contributed by atoms with Gasteiger partial charge in [0.2, 0.25) is 0 Å². The molecule has 1 aliphatic rings. The molecular weight excluding hydrogens is 258 g/mol. The summed E-state index contributed by atoms with van der Waals surface area (Å²) in [6.45, 7) is 4.70. The molecule has 0 aromatic heterocycles. The third kappa shape index (κ3) is 3.32. The van der Waals surface area contributed by atoms with Gasteiger partial charge in [0, 0.05) is 12.0 Å². The van der Waals surface area contributed by atoms with Gasteiger partial charge in [-0.1, -0.05) is 63.3 Å². The summed E-state index contributed by atoms with van der Waals surface area (Å²) >= 11 is 0. The van der Waals surface area contributed by atoms with Crippen molar-refractivity contribution in [2.45, 2.75) is 70.8 Å². The first kappa shape index (κ1) is 16.5. The molecule has 1 unspecified atom stereocenters. The van der Waals surface area contributed by atoms with Gasteiger partial charge in [-0.05, 0) is 37.3 Å². The number of hydrogen-bond acceptors (Lipinski definition) is 2. The van der Waals surface area contributed by atoms with Gasteiger partial charge in [-0.3, -0.25) is 0 Å². The molecule has 0 bridgehead atoms. The Balaban J connectivity index is 2.31. The van der Waals surface area contributed by atoms with Crippen molar-refractivity contribution in [3.63, 3.8) is 0 Å². The van der Waals surface area contributed by atoms with Crippen LogP contribution in [0.15, 0.2) is 24.3 Å². The standard InChI is InChI=1S/C19H31NO/c1-3-16-9-11-17(12-10-16)18(2,21)19(15-20)13-7-5-4-6-8-14-19/h9-12,21H,3-8,13-15,20H2,1-2H3. The highest BCUT2D eigenvalue weighted by atomic mass is 16.3. The summed E-state index contributed by atoms with van der Waals surface area (Å²) in [7, 11) is 0. The minimum Gasteiger partial charge on any atom is -0.385 e. The van der Waals surface area contributed by atoms with Gasteiger partial charge in [0.05, 0.1) is 5.60 Å². The monoisotopic (exact) mass is 289 g/mol. The van der Waals surface area contributed by atoms with Crippen LogP contribution < -0.4 is 5.73 Å². The van der Waals surface area contributed by atoms with Crippen molar-refractivity contribution >= 4 is 0 Å². The largest absolute Gasteiger partial charge is 0.385 e. The highest BCUT2D eigenvalue weighted by molar-refractivity contribution is 5.29. The molecule has 0 spiro atoms. The van der Waals surface area contributed by atoms with E-state index < -0.39 is 5.60 Å². The summed E-state index contributed by atoms with van der Waals surface area (Å²) in [5.41, 5.74) is 7.49. The molecule has 0 radical (unpaired) electrons. The second-order valence-corrected chi connectivity index (χ2v) is 6.87. The maximum absolute atomic E-state index is 11.4. The van der Waals surface area contributed by atoms with Crippen molar-refractivity contribution in [3.05, 3.63) is 35.4 Å². The van der Waals surface area contributed by atoms with E-state index in [2.05, 4.69) is 31.2 Å². The fourth-order valence-corrected chi connectivity index (χ4v) is 3.84. The first-order valence-electron chi connectivity index (χ1n) is 8.57. The quantitative estimate of drug-likeness (QED) is 0.875. The Morgan fingerprint density at radius 3 is 2.05 bits per heavy atom. The van der Waals surface area contributed by atoms with Crippen LogP contribution in [0.2, 0.25) is 0 Å². The third-order valence-electron chi connectivity index (χ3n) is 5.66. The Labute approximate surface area is 129 Å². The SMILES string of the molecule is CCc1ccc(C(C)(O)C2(CN)CCCCCCC2)cc1. The Morgan fingerprint density at radius 2 is 1.57 bits per heavy atom. The molecule has 0 amide bonds. The Bertz CT molecular complexity index is 427. The number of rotatable bonds is 4. The summed E-state index contributed by atoms with van der Waals surface area (Å²) in [4.78, 5) is 0. The number of aliphatic hydroxyl groups is 1. The number of nitrogens with two attached hydrogens (primary N) is 1. The van der Waals surface area contributed by atoms with Crippen LogP contribution in [0.3, 0.4) is 0 Å². The predicted octanol–water partition coefficient (Wildman–Crippen LogP) is 4.15. The molecular formula is C19H31NO. The average molecular weight is 289 g/mol. The molecule has 118 valence electrons. The van der Waals surface area contributed by atoms with Crippen LogP contribution in [-0.4, -0.2) is 11.7 Å². The molecule has 1 atom stereocenters. The molecule has 2 rings (SSSR count). The highest BCUT2D eigenvalue weighted by Gasteiger charge is 2.46. The fourth-order valence-electron chi connectivity index (χ4n) is 3.84. The van der Waals surface area contributed by atoms with E-state index in [4.69, 9.17) is 5.73 Å². The summed E-state index contributed by atoms with van der Waals surface area (Å²) in [5.74, 6) is 0. The molecule has 2 heteroatoms. The summed E-state index contributed by atoms with van der Waals surface area (Å²) < 4.78 is 0. The van der Waals surface area contributed by atoms with E-state index >= 15 is 0 Å². The van der Waals surface area contributed by atoms with Crippen molar-refractivity contribution in [2.75, 3.05) is 6.54 Å². The number of benzene rings is 1. The minimum atomic E-state index is -0.842. The molecule has 0 saturated heterocycles. The summed E-state index contributed by atoms with van der Waals surface area (Å²) in [5, 5.41) is 11.4. The Hall–Kier alpha value is -0.860. The van der Waals surface area contributed by atoms with Crippen molar-refractivity contribution in [2.24, 2.45) is 11.1 Å². The minimum absolute atomic E-state index is 0.179. The van der Waals surface area contributed by atoms with Crippen molar-refractivity contribution < 1.29 is 5.11 Å². The fraction of sp³-hybridized carbons (Fsp3) is 0.684. The molecule has 1 aromatic rings. The lowest BCUT2D eigenvalue weighted by Crippen LogP contribution is -2.49. The van der Waals surface area contributed by atoms with E-state index in [-0.39, 0.29) is 5.41 Å². The average Bonchev–Trinajstić information content (AvgIpc) is 2.47. The van der Waals surface area contributed by atoms with Crippen LogP contribution in [0, 0.1) is 5.41 Å². The van der Waals surface area contributed by atoms with Gasteiger partial charge < -0.3 is 10.8 Å². The van der Waals surface area contributed by atoms with Gasteiger partial charge in [-0.2, -0.15) is 0 Å². The van der Waals surface area contributed by atoms with Crippen LogP contribution >= 0.6 is 0 Å². The van der Waals surface area contributed by atoms with Crippen LogP contribution in [0.4, 0.5) is 0 Å². The van der Waals surface area contributed by atoms with Crippen molar-refractivity contribution in [3.8, 4) is 0 Å². The molecule has 0 heterocycles. The van der Waals surface area contributed by atoms with Crippen LogP contribution in [0.25, 0.3) is 0 Å². The third-order valence-corrected chi connectivity index (χ3v) is 5.66. The maximum Gasteiger partial charge on any atom is 0.0936 e. The van der Waals surface area contributed by atoms with Crippen LogP contribution in [0.1, 0.15) is 69.9 Å². The molecule has 2 nitrogen and oxygen atoms in total. The normalized spacial score (nSPS) is 22.1. The van der Waals surface area contributed by atoms with Gasteiger partial charge in [-0.25, -0.2) is 0 Å². The lowest BCUT2D eigenvalue weighted by atomic mass is 9.63. The van der Waals surface area contributed by atoms with E-state index in [0.29, 0.717) is 6.54 Å². The zero-order valence-corrected chi connectivity index (χ0v) is 13.7. The van der Waals surface area contributed by atoms with Gasteiger partial charge in [0.15, 0.2) is 0 Å². The van der Waals surface area contributed by atoms with E-state index in [1.165, 1.54) is 37.7 Å². The zero-order chi connectivity index (χ0) is 15.3. The maximum atomic E-state index is 11.4. The highest BCUT2D eigenvalue weighted by Crippen LogP contribution is 2.47. The van der Waals surface area contributed by atoms with Crippen molar-refractivity contribution in [1.82, 2.24) is 0 Å². The summed E-state index contributed by atoms with van der Waals surface area (Å²) in [6, 6.07) is 8.46. The van der Waals surface area contributed by atoms with E-state index in [0.717, 1.165) is 24.8 Å². The van der Waals surface area contributed by atoms with Crippen LogP contribution in [-0.2, 0) is 12.0 Å². The van der Waals surface area contributed by atoms with Crippen LogP contribution in [0.5, 0.6) is 0 Å². The topological polar surface area (TPSA) is 46.2 Å². The smallest absolute Gasteiger partial charge is 0.0936 e. The van der Waals surface area contributed by atoms with Gasteiger partial charge >= 0.3 is 0 Å². The molecule has 3 N–H and O–H groups in total. The van der Waals surface area contributed by atoms with Gasteiger partial charge in [-0.15, -0.1) is 0 Å².